The van der Waals surface area contributed by atoms with Gasteiger partial charge in [0.05, 0.1) is 12.5 Å². The summed E-state index contributed by atoms with van der Waals surface area (Å²) in [7, 11) is 0. The first-order chi connectivity index (χ1) is 17.2. The van der Waals surface area contributed by atoms with Crippen molar-refractivity contribution in [2.24, 2.45) is 5.92 Å². The molecule has 0 aromatic carbocycles. The summed E-state index contributed by atoms with van der Waals surface area (Å²) in [6.07, 6.45) is 17.5. The highest BCUT2D eigenvalue weighted by atomic mass is 16.5. The van der Waals surface area contributed by atoms with E-state index in [1.165, 1.54) is 51.4 Å². The zero-order valence-corrected chi connectivity index (χ0v) is 22.8. The minimum atomic E-state index is -0.870. The molecule has 0 fully saturated rings. The summed E-state index contributed by atoms with van der Waals surface area (Å²) in [5.74, 6) is -2.77. The van der Waals surface area contributed by atoms with Gasteiger partial charge in [0.15, 0.2) is 0 Å². The van der Waals surface area contributed by atoms with E-state index < -0.39 is 17.9 Å². The quantitative estimate of drug-likeness (QED) is 0.0902. The summed E-state index contributed by atoms with van der Waals surface area (Å²) in [4.78, 5) is 42.8. The first-order valence-corrected chi connectivity index (χ1v) is 14.1. The van der Waals surface area contributed by atoms with Gasteiger partial charge < -0.3 is 20.1 Å². The molecule has 0 spiro atoms. The maximum absolute atomic E-state index is 12.3. The average molecular weight is 517 g/mol. The molecule has 0 radical (unpaired) electrons. The van der Waals surface area contributed by atoms with Gasteiger partial charge in [-0.05, 0) is 38.5 Å². The summed E-state index contributed by atoms with van der Waals surface area (Å²) < 4.78 is 5.48. The minimum absolute atomic E-state index is 0.0628. The Bertz CT molecular complexity index is 546. The van der Waals surface area contributed by atoms with E-state index in [1.54, 1.807) is 0 Å². The molecule has 0 bridgehead atoms. The van der Waals surface area contributed by atoms with Crippen molar-refractivity contribution in [1.29, 1.82) is 0 Å². The van der Waals surface area contributed by atoms with Crippen molar-refractivity contribution in [2.75, 3.05) is 6.61 Å². The summed E-state index contributed by atoms with van der Waals surface area (Å²) >= 11 is 0. The molecule has 3 N–H and O–H groups in total. The number of aliphatic carboxylic acids is 3. The second-order valence-corrected chi connectivity index (χ2v) is 9.47. The monoisotopic (exact) mass is 516 g/mol. The van der Waals surface area contributed by atoms with Crippen LogP contribution in [0.15, 0.2) is 0 Å². The molecular weight excluding hydrogens is 464 g/mol. The summed E-state index contributed by atoms with van der Waals surface area (Å²) in [6, 6.07) is 0. The van der Waals surface area contributed by atoms with E-state index in [0.717, 1.165) is 32.1 Å². The van der Waals surface area contributed by atoms with Crippen LogP contribution in [0, 0.1) is 5.92 Å². The fourth-order valence-electron chi connectivity index (χ4n) is 3.78. The Labute approximate surface area is 218 Å². The van der Waals surface area contributed by atoms with Gasteiger partial charge in [-0.25, -0.2) is 0 Å². The fourth-order valence-corrected chi connectivity index (χ4v) is 3.78. The van der Waals surface area contributed by atoms with Crippen LogP contribution in [0.5, 0.6) is 0 Å². The molecule has 1 atom stereocenters. The first-order valence-electron chi connectivity index (χ1n) is 14.1. The van der Waals surface area contributed by atoms with Gasteiger partial charge in [-0.2, -0.15) is 0 Å². The van der Waals surface area contributed by atoms with Crippen molar-refractivity contribution in [3.05, 3.63) is 0 Å². The second-order valence-electron chi connectivity index (χ2n) is 9.47. The third-order valence-electron chi connectivity index (χ3n) is 5.96. The number of carboxylic acid groups (broad SMARTS) is 3. The smallest absolute Gasteiger partial charge is 0.308 e. The fraction of sp³-hybridized carbons (Fsp3) is 0.857. The Morgan fingerprint density at radius 1 is 0.528 bits per heavy atom. The third kappa shape index (κ3) is 29.9. The van der Waals surface area contributed by atoms with Crippen LogP contribution in [0.25, 0.3) is 0 Å². The molecule has 8 heteroatoms. The predicted molar refractivity (Wildman–Crippen MR) is 141 cm³/mol. The number of hydrogen-bond donors (Lipinski definition) is 3. The lowest BCUT2D eigenvalue weighted by Gasteiger charge is -2.15. The second kappa shape index (κ2) is 27.5. The lowest BCUT2D eigenvalue weighted by atomic mass is 9.95. The minimum Gasteiger partial charge on any atom is -0.481 e. The molecule has 0 heterocycles. The number of unbranched alkanes of at least 4 members (excludes halogenated alkanes) is 11. The van der Waals surface area contributed by atoms with Crippen molar-refractivity contribution < 1.29 is 39.2 Å². The van der Waals surface area contributed by atoms with E-state index in [9.17, 15) is 19.2 Å². The van der Waals surface area contributed by atoms with E-state index in [-0.39, 0.29) is 31.1 Å². The maximum Gasteiger partial charge on any atom is 0.308 e. The lowest BCUT2D eigenvalue weighted by molar-refractivity contribution is -0.149. The molecule has 212 valence electrons. The van der Waals surface area contributed by atoms with Crippen molar-refractivity contribution in [1.82, 2.24) is 0 Å². The standard InChI is InChI=1S/C22H42O4.C6H10O4/c1-3-5-7-9-10-11-12-14-19-26-22(25)20(16-13-8-6-4-2)17-15-18-21(23)24;7-5(8)3-1-2-4-6(9)10/h20H,3-19H2,1-2H3,(H,23,24);1-4H2,(H,7,8)(H,9,10). The van der Waals surface area contributed by atoms with Crippen LogP contribution < -0.4 is 0 Å². The van der Waals surface area contributed by atoms with Crippen LogP contribution in [-0.4, -0.2) is 45.8 Å². The molecule has 0 aliphatic carbocycles. The molecule has 0 aromatic heterocycles. The number of rotatable bonds is 24. The van der Waals surface area contributed by atoms with Crippen LogP contribution in [0.2, 0.25) is 0 Å². The molecular formula is C28H52O8. The maximum atomic E-state index is 12.3. The zero-order chi connectivity index (χ0) is 27.4. The van der Waals surface area contributed by atoms with E-state index in [2.05, 4.69) is 13.8 Å². The van der Waals surface area contributed by atoms with Gasteiger partial charge in [-0.15, -0.1) is 0 Å². The first kappa shape index (κ1) is 36.0. The van der Waals surface area contributed by atoms with Crippen LogP contribution >= 0.6 is 0 Å². The largest absolute Gasteiger partial charge is 0.481 e. The van der Waals surface area contributed by atoms with Crippen LogP contribution in [0.4, 0.5) is 0 Å². The van der Waals surface area contributed by atoms with Gasteiger partial charge in [0.1, 0.15) is 0 Å². The molecule has 0 amide bonds. The topological polar surface area (TPSA) is 138 Å². The molecule has 0 saturated carbocycles. The molecule has 36 heavy (non-hydrogen) atoms. The Morgan fingerprint density at radius 2 is 0.917 bits per heavy atom. The number of carboxylic acids is 3. The number of hydrogen-bond acceptors (Lipinski definition) is 5. The molecule has 0 aromatic rings. The lowest BCUT2D eigenvalue weighted by Crippen LogP contribution is -2.19. The van der Waals surface area contributed by atoms with E-state index in [0.29, 0.717) is 32.3 Å². The predicted octanol–water partition coefficient (Wildman–Crippen LogP) is 7.23. The van der Waals surface area contributed by atoms with Crippen molar-refractivity contribution >= 4 is 23.9 Å². The summed E-state index contributed by atoms with van der Waals surface area (Å²) in [6.45, 7) is 4.91. The molecule has 0 aliphatic heterocycles. The van der Waals surface area contributed by atoms with Crippen LogP contribution in [0.1, 0.15) is 142 Å². The van der Waals surface area contributed by atoms with Crippen molar-refractivity contribution in [3.8, 4) is 0 Å². The van der Waals surface area contributed by atoms with Gasteiger partial charge in [-0.1, -0.05) is 84.5 Å². The highest BCUT2D eigenvalue weighted by Gasteiger charge is 2.19. The molecule has 0 saturated heterocycles. The van der Waals surface area contributed by atoms with Gasteiger partial charge in [0.25, 0.3) is 0 Å². The SMILES string of the molecule is CCCCCCCCCCOC(=O)C(CCCCCC)CCCC(=O)O.O=C(O)CCCCC(=O)O. The Balaban J connectivity index is 0. The number of carbonyl (C=O) groups is 4. The molecule has 1 unspecified atom stereocenters. The number of carbonyl (C=O) groups excluding carboxylic acids is 1. The Morgan fingerprint density at radius 3 is 1.39 bits per heavy atom. The van der Waals surface area contributed by atoms with E-state index in [4.69, 9.17) is 20.1 Å². The number of esters is 1. The van der Waals surface area contributed by atoms with Crippen LogP contribution in [-0.2, 0) is 23.9 Å². The van der Waals surface area contributed by atoms with Gasteiger partial charge in [-0.3, -0.25) is 19.2 Å². The third-order valence-corrected chi connectivity index (χ3v) is 5.96. The van der Waals surface area contributed by atoms with Gasteiger partial charge >= 0.3 is 23.9 Å². The highest BCUT2D eigenvalue weighted by Crippen LogP contribution is 2.19. The normalized spacial score (nSPS) is 11.3. The van der Waals surface area contributed by atoms with Crippen LogP contribution in [0.3, 0.4) is 0 Å². The molecule has 0 aliphatic rings. The average Bonchev–Trinajstić information content (AvgIpc) is 2.82. The zero-order valence-electron chi connectivity index (χ0n) is 22.8. The summed E-state index contributed by atoms with van der Waals surface area (Å²) in [5.41, 5.74) is 0. The Hall–Kier alpha value is -2.12. The van der Waals surface area contributed by atoms with Crippen molar-refractivity contribution in [3.63, 3.8) is 0 Å². The van der Waals surface area contributed by atoms with Gasteiger partial charge in [0, 0.05) is 19.3 Å². The van der Waals surface area contributed by atoms with Crippen molar-refractivity contribution in [2.45, 2.75) is 142 Å². The van der Waals surface area contributed by atoms with E-state index >= 15 is 0 Å². The van der Waals surface area contributed by atoms with E-state index in [1.807, 2.05) is 0 Å². The Kier molecular flexibility index (Phi) is 27.5. The molecule has 0 rings (SSSR count). The summed E-state index contributed by atoms with van der Waals surface area (Å²) in [5, 5.41) is 25.0. The molecule has 8 nitrogen and oxygen atoms in total. The highest BCUT2D eigenvalue weighted by molar-refractivity contribution is 5.72. The van der Waals surface area contributed by atoms with Gasteiger partial charge in [0.2, 0.25) is 0 Å². The number of ether oxygens (including phenoxy) is 1.